The second-order valence-electron chi connectivity index (χ2n) is 3.60. The molecule has 2 rings (SSSR count). The van der Waals surface area contributed by atoms with E-state index in [4.69, 9.17) is 16.3 Å². The number of rotatable bonds is 4. The number of hydrogen-bond donors (Lipinski definition) is 0. The van der Waals surface area contributed by atoms with Gasteiger partial charge in [0.05, 0.1) is 4.92 Å². The quantitative estimate of drug-likeness (QED) is 0.463. The molecule has 19 heavy (non-hydrogen) atoms. The van der Waals surface area contributed by atoms with Crippen LogP contribution in [0.1, 0.15) is 0 Å². The van der Waals surface area contributed by atoms with Gasteiger partial charge < -0.3 is 4.74 Å². The summed E-state index contributed by atoms with van der Waals surface area (Å²) < 4.78 is 5.63. The normalized spacial score (nSPS) is 10.2. The molecule has 0 aliphatic carbocycles. The molecular weight excluding hydrogens is 286 g/mol. The molecule has 0 saturated heterocycles. The van der Waals surface area contributed by atoms with Crippen molar-refractivity contribution in [1.29, 1.82) is 0 Å². The van der Waals surface area contributed by atoms with Crippen LogP contribution < -0.4 is 4.74 Å². The Kier molecular flexibility index (Phi) is 4.29. The fraction of sp³-hybridized carbons (Fsp3) is 0.0769. The van der Waals surface area contributed by atoms with Gasteiger partial charge in [-0.25, -0.2) is 0 Å². The second kappa shape index (κ2) is 5.95. The van der Waals surface area contributed by atoms with E-state index < -0.39 is 4.92 Å². The molecule has 0 heterocycles. The molecule has 0 atom stereocenters. The van der Waals surface area contributed by atoms with Gasteiger partial charge in [0.1, 0.15) is 10.8 Å². The lowest BCUT2D eigenvalue weighted by molar-refractivity contribution is -0.385. The molecule has 0 saturated carbocycles. The molecule has 2 aromatic carbocycles. The molecular formula is C13H10ClNO3S. The zero-order valence-electron chi connectivity index (χ0n) is 10.00. The first-order valence-electron chi connectivity index (χ1n) is 5.37. The first-order chi connectivity index (χ1) is 9.13. The van der Waals surface area contributed by atoms with Crippen LogP contribution in [0.3, 0.4) is 0 Å². The third kappa shape index (κ3) is 3.00. The van der Waals surface area contributed by atoms with Crippen molar-refractivity contribution in [3.63, 3.8) is 0 Å². The molecule has 6 heteroatoms. The predicted octanol–water partition coefficient (Wildman–Crippen LogP) is 4.76. The van der Waals surface area contributed by atoms with Gasteiger partial charge in [-0.2, -0.15) is 0 Å². The molecule has 0 radical (unpaired) electrons. The van der Waals surface area contributed by atoms with Crippen molar-refractivity contribution in [2.75, 3.05) is 6.26 Å². The van der Waals surface area contributed by atoms with Gasteiger partial charge >= 0.3 is 5.69 Å². The fourth-order valence-electron chi connectivity index (χ4n) is 1.58. The average Bonchev–Trinajstić information content (AvgIpc) is 2.39. The number of para-hydroxylation sites is 2. The van der Waals surface area contributed by atoms with Crippen molar-refractivity contribution in [2.45, 2.75) is 4.90 Å². The van der Waals surface area contributed by atoms with E-state index in [2.05, 4.69) is 0 Å². The summed E-state index contributed by atoms with van der Waals surface area (Å²) in [5, 5.41) is 11.1. The lowest BCUT2D eigenvalue weighted by Gasteiger charge is -2.10. The van der Waals surface area contributed by atoms with Crippen molar-refractivity contribution in [2.24, 2.45) is 0 Å². The summed E-state index contributed by atoms with van der Waals surface area (Å²) in [7, 11) is 0. The van der Waals surface area contributed by atoms with Crippen LogP contribution in [0.4, 0.5) is 5.69 Å². The maximum absolute atomic E-state index is 11.0. The van der Waals surface area contributed by atoms with Crippen LogP contribution in [-0.4, -0.2) is 11.2 Å². The number of benzene rings is 2. The van der Waals surface area contributed by atoms with E-state index in [0.29, 0.717) is 5.75 Å². The number of thioether (sulfide) groups is 1. The van der Waals surface area contributed by atoms with Gasteiger partial charge in [-0.1, -0.05) is 29.8 Å². The summed E-state index contributed by atoms with van der Waals surface area (Å²) in [4.78, 5) is 11.4. The van der Waals surface area contributed by atoms with Crippen molar-refractivity contribution in [1.82, 2.24) is 0 Å². The topological polar surface area (TPSA) is 52.4 Å². The molecule has 0 unspecified atom stereocenters. The van der Waals surface area contributed by atoms with Gasteiger partial charge in [-0.15, -0.1) is 11.8 Å². The first kappa shape index (κ1) is 13.7. The Hall–Kier alpha value is -1.72. The molecule has 0 N–H and O–H groups in total. The van der Waals surface area contributed by atoms with E-state index in [1.165, 1.54) is 23.9 Å². The maximum Gasteiger partial charge on any atom is 0.329 e. The predicted molar refractivity (Wildman–Crippen MR) is 76.4 cm³/mol. The number of ether oxygens (including phenoxy) is 1. The molecule has 4 nitrogen and oxygen atoms in total. The van der Waals surface area contributed by atoms with E-state index >= 15 is 0 Å². The third-order valence-electron chi connectivity index (χ3n) is 2.42. The van der Waals surface area contributed by atoms with Crippen LogP contribution >= 0.6 is 23.4 Å². The van der Waals surface area contributed by atoms with Gasteiger partial charge in [0.15, 0.2) is 0 Å². The third-order valence-corrected chi connectivity index (χ3v) is 3.50. The zero-order valence-corrected chi connectivity index (χ0v) is 11.6. The summed E-state index contributed by atoms with van der Waals surface area (Å²) in [6.07, 6.45) is 1.91. The van der Waals surface area contributed by atoms with Gasteiger partial charge in [0.2, 0.25) is 5.75 Å². The summed E-state index contributed by atoms with van der Waals surface area (Å²) >= 11 is 7.34. The van der Waals surface area contributed by atoms with E-state index in [1.807, 2.05) is 24.5 Å². The van der Waals surface area contributed by atoms with Gasteiger partial charge in [0, 0.05) is 4.90 Å². The summed E-state index contributed by atoms with van der Waals surface area (Å²) in [6, 6.07) is 11.9. The Morgan fingerprint density at radius 1 is 1.16 bits per heavy atom. The Morgan fingerprint density at radius 2 is 1.84 bits per heavy atom. The number of halogens is 1. The minimum absolute atomic E-state index is 0.0594. The van der Waals surface area contributed by atoms with Crippen LogP contribution in [0.2, 0.25) is 5.02 Å². The van der Waals surface area contributed by atoms with Crippen LogP contribution in [0.25, 0.3) is 0 Å². The molecule has 0 aliphatic heterocycles. The minimum Gasteiger partial charge on any atom is -0.449 e. The Balaban J connectivity index is 2.44. The first-order valence-corrected chi connectivity index (χ1v) is 6.97. The smallest absolute Gasteiger partial charge is 0.329 e. The molecule has 2 aromatic rings. The van der Waals surface area contributed by atoms with E-state index in [1.54, 1.807) is 12.1 Å². The number of nitro groups is 1. The highest BCUT2D eigenvalue weighted by molar-refractivity contribution is 7.98. The highest BCUT2D eigenvalue weighted by Crippen LogP contribution is 2.39. The van der Waals surface area contributed by atoms with Crippen molar-refractivity contribution in [3.05, 3.63) is 57.6 Å². The standard InChI is InChI=1S/C13H10ClNO3S/c1-19-12-8-3-2-6-10(12)18-11-7-4-5-9(14)13(11)15(16)17/h2-8H,1H3. The monoisotopic (exact) mass is 295 g/mol. The van der Waals surface area contributed by atoms with Crippen molar-refractivity contribution in [3.8, 4) is 11.5 Å². The van der Waals surface area contributed by atoms with Gasteiger partial charge in [-0.3, -0.25) is 10.1 Å². The van der Waals surface area contributed by atoms with Crippen molar-refractivity contribution < 1.29 is 9.66 Å². The Morgan fingerprint density at radius 3 is 2.53 bits per heavy atom. The van der Waals surface area contributed by atoms with E-state index in [0.717, 1.165) is 4.90 Å². The fourth-order valence-corrected chi connectivity index (χ4v) is 2.34. The molecule has 0 spiro atoms. The zero-order chi connectivity index (χ0) is 13.8. The highest BCUT2D eigenvalue weighted by atomic mass is 35.5. The van der Waals surface area contributed by atoms with E-state index in [9.17, 15) is 10.1 Å². The number of nitrogens with zero attached hydrogens (tertiary/aromatic N) is 1. The van der Waals surface area contributed by atoms with Crippen LogP contribution in [0.5, 0.6) is 11.5 Å². The SMILES string of the molecule is CSc1ccccc1Oc1cccc(Cl)c1[N+](=O)[O-]. The van der Waals surface area contributed by atoms with Gasteiger partial charge in [0.25, 0.3) is 0 Å². The summed E-state index contributed by atoms with van der Waals surface area (Å²) in [5.41, 5.74) is -0.222. The lowest BCUT2D eigenvalue weighted by atomic mass is 10.3. The maximum atomic E-state index is 11.0. The average molecular weight is 296 g/mol. The van der Waals surface area contributed by atoms with Crippen LogP contribution in [0.15, 0.2) is 47.4 Å². The number of nitro benzene ring substituents is 1. The molecule has 0 aliphatic rings. The molecule has 0 fully saturated rings. The molecule has 0 amide bonds. The van der Waals surface area contributed by atoms with Crippen LogP contribution in [-0.2, 0) is 0 Å². The molecule has 98 valence electrons. The minimum atomic E-state index is -0.542. The molecule has 0 bridgehead atoms. The summed E-state index contributed by atoms with van der Waals surface area (Å²) in [6.45, 7) is 0. The molecule has 0 aromatic heterocycles. The van der Waals surface area contributed by atoms with Gasteiger partial charge in [-0.05, 0) is 30.5 Å². The number of hydrogen-bond acceptors (Lipinski definition) is 4. The largest absolute Gasteiger partial charge is 0.449 e. The van der Waals surface area contributed by atoms with E-state index in [-0.39, 0.29) is 16.5 Å². The van der Waals surface area contributed by atoms with Crippen molar-refractivity contribution >= 4 is 29.1 Å². The Bertz CT molecular complexity index is 619. The lowest BCUT2D eigenvalue weighted by Crippen LogP contribution is -1.95. The second-order valence-corrected chi connectivity index (χ2v) is 4.85. The van der Waals surface area contributed by atoms with Crippen LogP contribution in [0, 0.1) is 10.1 Å². The Labute approximate surface area is 119 Å². The highest BCUT2D eigenvalue weighted by Gasteiger charge is 2.20. The summed E-state index contributed by atoms with van der Waals surface area (Å²) in [5.74, 6) is 0.708.